The van der Waals surface area contributed by atoms with E-state index in [2.05, 4.69) is 67.8 Å². The number of allylic oxidation sites excluding steroid dienone is 9. The molecule has 19 heteroatoms. The van der Waals surface area contributed by atoms with Crippen molar-refractivity contribution in [2.75, 3.05) is 26.4 Å². The summed E-state index contributed by atoms with van der Waals surface area (Å²) < 4.78 is 34.5. The number of hydrogen-bond donors (Lipinski definition) is 12. The minimum atomic E-state index is -1.98. The van der Waals surface area contributed by atoms with Crippen molar-refractivity contribution in [3.8, 4) is 0 Å². The standard InChI is InChI=1S/C87H159NO18/c1-3-5-7-9-11-13-15-17-19-21-23-25-27-29-31-33-35-37-39-41-43-45-47-49-51-53-55-57-59-61-63-65-75(93)88-70(71(92)64-62-60-58-56-54-52-50-48-46-44-42-40-38-36-34-32-30-28-26-24-22-20-18-16-14-12-10-8-6-4-2)69-101-85-81(99)78(96)83(73(67-90)103-85)106-87-82(100)79(97)84(74(68-91)104-87)105-86-80(98)77(95)76(94)72(66-89)102-86/h15,17,21,23,46,48,54,56,62,64,70-74,76-87,89-92,94-100H,3-14,16,18-20,22,24-45,47,49-53,55,57-61,63,65-69H2,1-2H3,(H,88,93)/b17-15-,23-21-,48-46+,56-54+,64-62+. The normalized spacial score (nSPS) is 25.9. The lowest BCUT2D eigenvalue weighted by Gasteiger charge is -2.48. The number of nitrogens with one attached hydrogen (secondary N) is 1. The summed E-state index contributed by atoms with van der Waals surface area (Å²) in [4.78, 5) is 13.5. The van der Waals surface area contributed by atoms with Gasteiger partial charge in [0.05, 0.1) is 38.6 Å². The van der Waals surface area contributed by atoms with E-state index in [1.165, 1.54) is 270 Å². The average molecular weight is 1510 g/mol. The van der Waals surface area contributed by atoms with E-state index in [4.69, 9.17) is 28.4 Å². The Hall–Kier alpha value is -2.51. The molecule has 0 aromatic rings. The van der Waals surface area contributed by atoms with Crippen molar-refractivity contribution in [3.05, 3.63) is 60.8 Å². The van der Waals surface area contributed by atoms with E-state index in [0.717, 1.165) is 51.4 Å². The molecule has 3 heterocycles. The van der Waals surface area contributed by atoms with Crippen molar-refractivity contribution >= 4 is 5.91 Å². The van der Waals surface area contributed by atoms with Crippen molar-refractivity contribution in [2.24, 2.45) is 0 Å². The molecule has 19 nitrogen and oxygen atoms in total. The van der Waals surface area contributed by atoms with Gasteiger partial charge in [-0.1, -0.05) is 331 Å². The Balaban J connectivity index is 1.36. The zero-order valence-electron chi connectivity index (χ0n) is 66.7. The molecule has 3 saturated heterocycles. The highest BCUT2D eigenvalue weighted by atomic mass is 16.8. The molecule has 17 unspecified atom stereocenters. The molecule has 620 valence electrons. The van der Waals surface area contributed by atoms with Crippen LogP contribution >= 0.6 is 0 Å². The summed E-state index contributed by atoms with van der Waals surface area (Å²) in [5.41, 5.74) is 0. The first-order valence-electron chi connectivity index (χ1n) is 43.5. The van der Waals surface area contributed by atoms with Gasteiger partial charge < -0.3 is 89.9 Å². The minimum absolute atomic E-state index is 0.233. The average Bonchev–Trinajstić information content (AvgIpc) is 0.780. The van der Waals surface area contributed by atoms with Gasteiger partial charge in [-0.3, -0.25) is 4.79 Å². The molecular weight excluding hydrogens is 1350 g/mol. The topological polar surface area (TPSA) is 307 Å². The van der Waals surface area contributed by atoms with Crippen LogP contribution in [0.3, 0.4) is 0 Å². The summed E-state index contributed by atoms with van der Waals surface area (Å²) in [6, 6.07) is -1.000. The molecule has 0 radical (unpaired) electrons. The van der Waals surface area contributed by atoms with E-state index in [9.17, 15) is 61.0 Å². The Morgan fingerprint density at radius 2 is 0.632 bits per heavy atom. The molecular formula is C87H159NO18. The largest absolute Gasteiger partial charge is 0.394 e. The van der Waals surface area contributed by atoms with Crippen LogP contribution in [0.25, 0.3) is 0 Å². The molecule has 1 amide bonds. The second-order valence-corrected chi connectivity index (χ2v) is 31.0. The predicted molar refractivity (Wildman–Crippen MR) is 425 cm³/mol. The highest BCUT2D eigenvalue weighted by molar-refractivity contribution is 5.76. The third-order valence-electron chi connectivity index (χ3n) is 21.5. The molecule has 106 heavy (non-hydrogen) atoms. The van der Waals surface area contributed by atoms with Gasteiger partial charge in [0.15, 0.2) is 18.9 Å². The van der Waals surface area contributed by atoms with Crippen LogP contribution in [0.5, 0.6) is 0 Å². The van der Waals surface area contributed by atoms with Gasteiger partial charge in [0.1, 0.15) is 73.2 Å². The van der Waals surface area contributed by atoms with Crippen molar-refractivity contribution in [1.29, 1.82) is 0 Å². The zero-order chi connectivity index (χ0) is 76.7. The maximum absolute atomic E-state index is 13.5. The van der Waals surface area contributed by atoms with Crippen LogP contribution in [0.15, 0.2) is 60.8 Å². The lowest BCUT2D eigenvalue weighted by Crippen LogP contribution is -2.66. The van der Waals surface area contributed by atoms with Crippen LogP contribution in [-0.4, -0.2) is 193 Å². The van der Waals surface area contributed by atoms with Crippen molar-refractivity contribution in [1.82, 2.24) is 5.32 Å². The number of aliphatic hydroxyl groups excluding tert-OH is 11. The molecule has 0 saturated carbocycles. The third kappa shape index (κ3) is 45.9. The van der Waals surface area contributed by atoms with Crippen LogP contribution in [0.2, 0.25) is 0 Å². The molecule has 3 aliphatic rings. The van der Waals surface area contributed by atoms with Crippen LogP contribution < -0.4 is 5.32 Å². The summed E-state index contributed by atoms with van der Waals surface area (Å²) in [6.07, 6.45) is 60.8. The van der Waals surface area contributed by atoms with Gasteiger partial charge >= 0.3 is 0 Å². The van der Waals surface area contributed by atoms with Crippen LogP contribution in [-0.2, 0) is 33.2 Å². The second kappa shape index (κ2) is 67.0. The lowest BCUT2D eigenvalue weighted by atomic mass is 9.96. The summed E-state index contributed by atoms with van der Waals surface area (Å²) in [6.45, 7) is 1.75. The number of hydrogen-bond acceptors (Lipinski definition) is 18. The Labute approximate surface area is 643 Å². The number of carbonyl (C=O) groups is 1. The SMILES string of the molecule is CCCCCCC/C=C\C/C=C\CCCCCCCCCCCCCCCCCCCCCC(=O)NC(COC1OC(CO)C(OC2OC(CO)C(OC3OC(CO)C(O)C(O)C3O)C(O)C2O)C(O)C1O)C(O)/C=C/CC/C=C/CC/C=C/CCCCCCCCCCCCCCCCCCCCCC. The van der Waals surface area contributed by atoms with Gasteiger partial charge in [0.25, 0.3) is 0 Å². The second-order valence-electron chi connectivity index (χ2n) is 31.0. The van der Waals surface area contributed by atoms with Crippen molar-refractivity contribution in [2.45, 2.75) is 458 Å². The molecule has 12 N–H and O–H groups in total. The van der Waals surface area contributed by atoms with Gasteiger partial charge in [0, 0.05) is 6.42 Å². The van der Waals surface area contributed by atoms with Gasteiger partial charge in [-0.25, -0.2) is 0 Å². The zero-order valence-corrected chi connectivity index (χ0v) is 66.7. The Kier molecular flexibility index (Phi) is 61.8. The van der Waals surface area contributed by atoms with Crippen molar-refractivity contribution in [3.63, 3.8) is 0 Å². The van der Waals surface area contributed by atoms with Crippen LogP contribution in [0.4, 0.5) is 0 Å². The highest BCUT2D eigenvalue weighted by Gasteiger charge is 2.54. The third-order valence-corrected chi connectivity index (χ3v) is 21.5. The number of amides is 1. The number of ether oxygens (including phenoxy) is 6. The molecule has 17 atom stereocenters. The summed E-state index contributed by atoms with van der Waals surface area (Å²) in [5, 5.41) is 121. The van der Waals surface area contributed by atoms with Gasteiger partial charge in [-0.2, -0.15) is 0 Å². The van der Waals surface area contributed by atoms with Crippen LogP contribution in [0.1, 0.15) is 354 Å². The monoisotopic (exact) mass is 1510 g/mol. The molecule has 0 bridgehead atoms. The minimum Gasteiger partial charge on any atom is -0.394 e. The Morgan fingerprint density at radius 3 is 1.00 bits per heavy atom. The Bertz CT molecular complexity index is 2150. The van der Waals surface area contributed by atoms with Crippen molar-refractivity contribution < 1.29 is 89.4 Å². The van der Waals surface area contributed by atoms with Gasteiger partial charge in [-0.15, -0.1) is 0 Å². The fraction of sp³-hybridized carbons (Fsp3) is 0.874. The first-order chi connectivity index (χ1) is 51.8. The molecule has 0 aromatic heterocycles. The molecule has 0 aromatic carbocycles. The first-order valence-corrected chi connectivity index (χ1v) is 43.5. The molecule has 3 rings (SSSR count). The van der Waals surface area contributed by atoms with Crippen LogP contribution in [0, 0.1) is 0 Å². The Morgan fingerprint density at radius 1 is 0.340 bits per heavy atom. The fourth-order valence-corrected chi connectivity index (χ4v) is 14.6. The number of aliphatic hydroxyl groups is 11. The number of rotatable bonds is 70. The first kappa shape index (κ1) is 97.7. The predicted octanol–water partition coefficient (Wildman–Crippen LogP) is 15.8. The fourth-order valence-electron chi connectivity index (χ4n) is 14.6. The quantitative estimate of drug-likeness (QED) is 0.0199. The molecule has 0 spiro atoms. The van der Waals surface area contributed by atoms with E-state index in [1.807, 2.05) is 6.08 Å². The lowest BCUT2D eigenvalue weighted by molar-refractivity contribution is -0.379. The smallest absolute Gasteiger partial charge is 0.220 e. The summed E-state index contributed by atoms with van der Waals surface area (Å²) in [7, 11) is 0. The number of carbonyl (C=O) groups excluding carboxylic acids is 1. The molecule has 3 fully saturated rings. The van der Waals surface area contributed by atoms with Gasteiger partial charge in [-0.05, 0) is 77.0 Å². The van der Waals surface area contributed by atoms with E-state index < -0.39 is 124 Å². The van der Waals surface area contributed by atoms with E-state index in [1.54, 1.807) is 6.08 Å². The van der Waals surface area contributed by atoms with E-state index >= 15 is 0 Å². The number of unbranched alkanes of at least 4 members (excludes halogenated alkanes) is 46. The highest BCUT2D eigenvalue weighted by Crippen LogP contribution is 2.33. The molecule has 0 aliphatic carbocycles. The molecule has 3 aliphatic heterocycles. The van der Waals surface area contributed by atoms with E-state index in [-0.39, 0.29) is 18.9 Å². The maximum atomic E-state index is 13.5. The summed E-state index contributed by atoms with van der Waals surface area (Å²) in [5.74, 6) is -0.284. The maximum Gasteiger partial charge on any atom is 0.220 e. The van der Waals surface area contributed by atoms with E-state index in [0.29, 0.717) is 12.8 Å². The van der Waals surface area contributed by atoms with Gasteiger partial charge in [0.2, 0.25) is 5.91 Å². The summed E-state index contributed by atoms with van der Waals surface area (Å²) >= 11 is 0.